The maximum atomic E-state index is 12.1. The number of rotatable bonds is 5. The summed E-state index contributed by atoms with van der Waals surface area (Å²) in [5, 5.41) is 3.61. The Morgan fingerprint density at radius 3 is 2.17 bits per heavy atom. The van der Waals surface area contributed by atoms with E-state index >= 15 is 0 Å². The topological polar surface area (TPSA) is 41.6 Å². The molecule has 0 atom stereocenters. The molecular formula is C19H21ClN2O2. The number of benzene rings is 2. The van der Waals surface area contributed by atoms with Crippen LogP contribution in [0.5, 0.6) is 11.5 Å². The number of amides is 1. The largest absolute Gasteiger partial charge is 0.457 e. The van der Waals surface area contributed by atoms with Crippen LogP contribution in [-0.2, 0) is 4.79 Å². The summed E-state index contributed by atoms with van der Waals surface area (Å²) in [5.74, 6) is 1.47. The summed E-state index contributed by atoms with van der Waals surface area (Å²) in [6.45, 7) is 2.49. The number of nitrogens with zero attached hydrogens (tertiary/aromatic N) is 1. The number of hydrogen-bond acceptors (Lipinski definition) is 3. The zero-order valence-electron chi connectivity index (χ0n) is 13.5. The fourth-order valence-corrected chi connectivity index (χ4v) is 2.89. The average molecular weight is 345 g/mol. The number of piperidine rings is 1. The standard InChI is InChI=1S/C19H21ClN2O2/c20-15-4-8-17(9-5-15)24-18-10-6-16(7-11-18)21-19(23)14-22-12-2-1-3-13-22/h4-11H,1-3,12-14H2,(H,21,23). The molecule has 1 aliphatic heterocycles. The predicted octanol–water partition coefficient (Wildman–Crippen LogP) is 4.56. The van der Waals surface area contributed by atoms with Crippen molar-refractivity contribution in [2.45, 2.75) is 19.3 Å². The lowest BCUT2D eigenvalue weighted by Gasteiger charge is -2.25. The molecule has 0 spiro atoms. The zero-order valence-corrected chi connectivity index (χ0v) is 14.3. The van der Waals surface area contributed by atoms with Gasteiger partial charge < -0.3 is 10.1 Å². The van der Waals surface area contributed by atoms with Gasteiger partial charge in [0.2, 0.25) is 5.91 Å². The molecule has 1 saturated heterocycles. The van der Waals surface area contributed by atoms with Crippen LogP contribution in [0, 0.1) is 0 Å². The monoisotopic (exact) mass is 344 g/mol. The van der Waals surface area contributed by atoms with E-state index in [-0.39, 0.29) is 5.91 Å². The molecule has 1 N–H and O–H groups in total. The van der Waals surface area contributed by atoms with E-state index in [0.717, 1.165) is 24.5 Å². The summed E-state index contributed by atoms with van der Waals surface area (Å²) in [6, 6.07) is 14.6. The maximum Gasteiger partial charge on any atom is 0.238 e. The number of halogens is 1. The number of nitrogens with one attached hydrogen (secondary N) is 1. The summed E-state index contributed by atoms with van der Waals surface area (Å²) in [7, 11) is 0. The van der Waals surface area contributed by atoms with Gasteiger partial charge in [-0.15, -0.1) is 0 Å². The Morgan fingerprint density at radius 1 is 0.958 bits per heavy atom. The molecule has 24 heavy (non-hydrogen) atoms. The highest BCUT2D eigenvalue weighted by atomic mass is 35.5. The van der Waals surface area contributed by atoms with Crippen molar-refractivity contribution in [2.24, 2.45) is 0 Å². The number of likely N-dealkylation sites (tertiary alicyclic amines) is 1. The molecule has 2 aromatic rings. The zero-order chi connectivity index (χ0) is 16.8. The Hall–Kier alpha value is -2.04. The van der Waals surface area contributed by atoms with Crippen molar-refractivity contribution >= 4 is 23.2 Å². The number of carbonyl (C=O) groups is 1. The molecule has 1 aliphatic rings. The predicted molar refractivity (Wildman–Crippen MR) is 96.9 cm³/mol. The molecule has 3 rings (SSSR count). The lowest BCUT2D eigenvalue weighted by atomic mass is 10.1. The third kappa shape index (κ3) is 4.98. The van der Waals surface area contributed by atoms with Gasteiger partial charge >= 0.3 is 0 Å². The Labute approximate surface area is 147 Å². The van der Waals surface area contributed by atoms with E-state index in [2.05, 4.69) is 10.2 Å². The first kappa shape index (κ1) is 16.8. The number of ether oxygens (including phenoxy) is 1. The smallest absolute Gasteiger partial charge is 0.238 e. The van der Waals surface area contributed by atoms with Crippen LogP contribution in [0.3, 0.4) is 0 Å². The van der Waals surface area contributed by atoms with Gasteiger partial charge in [0.25, 0.3) is 0 Å². The van der Waals surface area contributed by atoms with Gasteiger partial charge in [0.15, 0.2) is 0 Å². The first-order valence-corrected chi connectivity index (χ1v) is 8.62. The minimum atomic E-state index is 0.0308. The van der Waals surface area contributed by atoms with Crippen LogP contribution >= 0.6 is 11.6 Å². The van der Waals surface area contributed by atoms with Gasteiger partial charge in [-0.3, -0.25) is 9.69 Å². The summed E-state index contributed by atoms with van der Waals surface area (Å²) in [5.41, 5.74) is 0.778. The molecule has 4 nitrogen and oxygen atoms in total. The van der Waals surface area contributed by atoms with Crippen molar-refractivity contribution in [3.63, 3.8) is 0 Å². The fourth-order valence-electron chi connectivity index (χ4n) is 2.77. The van der Waals surface area contributed by atoms with Gasteiger partial charge in [-0.1, -0.05) is 18.0 Å². The minimum Gasteiger partial charge on any atom is -0.457 e. The van der Waals surface area contributed by atoms with E-state index in [1.54, 1.807) is 12.1 Å². The van der Waals surface area contributed by atoms with Crippen LogP contribution < -0.4 is 10.1 Å². The van der Waals surface area contributed by atoms with Crippen molar-refractivity contribution in [1.29, 1.82) is 0 Å². The Balaban J connectivity index is 1.52. The summed E-state index contributed by atoms with van der Waals surface area (Å²) < 4.78 is 5.74. The number of carbonyl (C=O) groups excluding carboxylic acids is 1. The molecule has 2 aromatic carbocycles. The summed E-state index contributed by atoms with van der Waals surface area (Å²) in [6.07, 6.45) is 3.64. The third-order valence-electron chi connectivity index (χ3n) is 4.00. The molecule has 0 unspecified atom stereocenters. The van der Waals surface area contributed by atoms with Gasteiger partial charge in [-0.25, -0.2) is 0 Å². The third-order valence-corrected chi connectivity index (χ3v) is 4.26. The maximum absolute atomic E-state index is 12.1. The van der Waals surface area contributed by atoms with Crippen molar-refractivity contribution in [1.82, 2.24) is 4.90 Å². The van der Waals surface area contributed by atoms with Crippen LogP contribution in [0.2, 0.25) is 5.02 Å². The molecule has 0 aliphatic carbocycles. The lowest BCUT2D eigenvalue weighted by Crippen LogP contribution is -2.36. The van der Waals surface area contributed by atoms with E-state index < -0.39 is 0 Å². The normalized spacial score (nSPS) is 15.0. The molecule has 5 heteroatoms. The van der Waals surface area contributed by atoms with E-state index in [0.29, 0.717) is 17.3 Å². The second-order valence-electron chi connectivity index (χ2n) is 5.97. The Kier molecular flexibility index (Phi) is 5.72. The summed E-state index contributed by atoms with van der Waals surface area (Å²) in [4.78, 5) is 14.3. The molecule has 0 bridgehead atoms. The second kappa shape index (κ2) is 8.18. The Morgan fingerprint density at radius 2 is 1.54 bits per heavy atom. The molecule has 1 heterocycles. The van der Waals surface area contributed by atoms with Crippen molar-refractivity contribution in [3.05, 3.63) is 53.6 Å². The molecule has 126 valence electrons. The van der Waals surface area contributed by atoms with Crippen LogP contribution in [0.25, 0.3) is 0 Å². The minimum absolute atomic E-state index is 0.0308. The van der Waals surface area contributed by atoms with Gasteiger partial charge in [-0.2, -0.15) is 0 Å². The molecular weight excluding hydrogens is 324 g/mol. The SMILES string of the molecule is O=C(CN1CCCCC1)Nc1ccc(Oc2ccc(Cl)cc2)cc1. The van der Waals surface area contributed by atoms with Crippen LogP contribution in [0.4, 0.5) is 5.69 Å². The van der Waals surface area contributed by atoms with Crippen LogP contribution in [-0.4, -0.2) is 30.4 Å². The second-order valence-corrected chi connectivity index (χ2v) is 6.40. The first-order chi connectivity index (χ1) is 11.7. The van der Waals surface area contributed by atoms with Crippen LogP contribution in [0.1, 0.15) is 19.3 Å². The van der Waals surface area contributed by atoms with Gasteiger partial charge in [-0.05, 0) is 74.5 Å². The van der Waals surface area contributed by atoms with Crippen molar-refractivity contribution in [3.8, 4) is 11.5 Å². The number of hydrogen-bond donors (Lipinski definition) is 1. The van der Waals surface area contributed by atoms with E-state index in [1.807, 2.05) is 36.4 Å². The molecule has 1 fully saturated rings. The lowest BCUT2D eigenvalue weighted by molar-refractivity contribution is -0.117. The molecule has 1 amide bonds. The van der Waals surface area contributed by atoms with Gasteiger partial charge in [0.1, 0.15) is 11.5 Å². The summed E-state index contributed by atoms with van der Waals surface area (Å²) >= 11 is 5.85. The average Bonchev–Trinajstić information content (AvgIpc) is 2.59. The highest BCUT2D eigenvalue weighted by Gasteiger charge is 2.13. The first-order valence-electron chi connectivity index (χ1n) is 8.25. The van der Waals surface area contributed by atoms with Crippen molar-refractivity contribution in [2.75, 3.05) is 25.0 Å². The molecule has 0 radical (unpaired) electrons. The highest BCUT2D eigenvalue weighted by Crippen LogP contribution is 2.24. The van der Waals surface area contributed by atoms with Gasteiger partial charge in [0.05, 0.1) is 6.54 Å². The van der Waals surface area contributed by atoms with Crippen LogP contribution in [0.15, 0.2) is 48.5 Å². The van der Waals surface area contributed by atoms with E-state index in [1.165, 1.54) is 19.3 Å². The van der Waals surface area contributed by atoms with Gasteiger partial charge in [0, 0.05) is 10.7 Å². The highest BCUT2D eigenvalue weighted by molar-refractivity contribution is 6.30. The van der Waals surface area contributed by atoms with Crippen molar-refractivity contribution < 1.29 is 9.53 Å². The number of anilines is 1. The van der Waals surface area contributed by atoms with E-state index in [9.17, 15) is 4.79 Å². The molecule has 0 saturated carbocycles. The quantitative estimate of drug-likeness (QED) is 0.864. The fraction of sp³-hybridized carbons (Fsp3) is 0.316. The molecule has 0 aromatic heterocycles. The Bertz CT molecular complexity index is 665. The van der Waals surface area contributed by atoms with E-state index in [4.69, 9.17) is 16.3 Å².